The molecule has 0 saturated carbocycles. The number of rotatable bonds is 2. The predicted molar refractivity (Wildman–Crippen MR) is 93.3 cm³/mol. The van der Waals surface area contributed by atoms with Crippen LogP contribution in [-0.2, 0) is 4.74 Å². The van der Waals surface area contributed by atoms with Gasteiger partial charge in [-0.15, -0.1) is 22.7 Å². The first-order valence-corrected chi connectivity index (χ1v) is 9.21. The molecule has 2 aromatic heterocycles. The van der Waals surface area contributed by atoms with Crippen LogP contribution in [0.4, 0.5) is 0 Å². The molecular formula is C17H16N2O2S2. The van der Waals surface area contributed by atoms with E-state index in [-0.39, 0.29) is 11.9 Å². The SMILES string of the molecule is Cc1nc([C@H]2COCCN2C(=O)c2cc3ccccc3s2)cs1. The lowest BCUT2D eigenvalue weighted by Gasteiger charge is -2.34. The monoisotopic (exact) mass is 344 g/mol. The average Bonchev–Trinajstić information content (AvgIpc) is 3.20. The van der Waals surface area contributed by atoms with Crippen molar-refractivity contribution >= 4 is 38.7 Å². The number of morpholine rings is 1. The maximum atomic E-state index is 13.0. The summed E-state index contributed by atoms with van der Waals surface area (Å²) in [6.07, 6.45) is 0. The Labute approximate surface area is 142 Å². The van der Waals surface area contributed by atoms with Crippen LogP contribution >= 0.6 is 22.7 Å². The molecule has 0 radical (unpaired) electrons. The molecule has 0 N–H and O–H groups in total. The number of ether oxygens (including phenoxy) is 1. The van der Waals surface area contributed by atoms with E-state index in [2.05, 4.69) is 11.1 Å². The van der Waals surface area contributed by atoms with Gasteiger partial charge in [-0.05, 0) is 24.4 Å². The minimum absolute atomic E-state index is 0.0742. The van der Waals surface area contributed by atoms with Gasteiger partial charge in [0.2, 0.25) is 0 Å². The first-order chi connectivity index (χ1) is 11.2. The summed E-state index contributed by atoms with van der Waals surface area (Å²) in [4.78, 5) is 20.3. The van der Waals surface area contributed by atoms with Crippen molar-refractivity contribution in [2.45, 2.75) is 13.0 Å². The van der Waals surface area contributed by atoms with Gasteiger partial charge in [0, 0.05) is 16.6 Å². The van der Waals surface area contributed by atoms with Gasteiger partial charge in [-0.25, -0.2) is 4.98 Å². The van der Waals surface area contributed by atoms with Gasteiger partial charge in [-0.1, -0.05) is 18.2 Å². The number of amides is 1. The highest BCUT2D eigenvalue weighted by Crippen LogP contribution is 2.31. The number of fused-ring (bicyclic) bond motifs is 1. The van der Waals surface area contributed by atoms with Gasteiger partial charge in [-0.2, -0.15) is 0 Å². The molecule has 6 heteroatoms. The van der Waals surface area contributed by atoms with Gasteiger partial charge in [-0.3, -0.25) is 4.79 Å². The van der Waals surface area contributed by atoms with E-state index in [9.17, 15) is 4.79 Å². The molecule has 1 aliphatic heterocycles. The average molecular weight is 344 g/mol. The highest BCUT2D eigenvalue weighted by Gasteiger charge is 2.31. The molecule has 3 heterocycles. The Morgan fingerprint density at radius 1 is 1.39 bits per heavy atom. The number of carbonyl (C=O) groups excluding carboxylic acids is 1. The summed E-state index contributed by atoms with van der Waals surface area (Å²) in [5.41, 5.74) is 0.932. The fourth-order valence-electron chi connectivity index (χ4n) is 2.85. The van der Waals surface area contributed by atoms with Gasteiger partial charge in [0.05, 0.1) is 34.8 Å². The molecule has 4 nitrogen and oxygen atoms in total. The molecule has 0 unspecified atom stereocenters. The van der Waals surface area contributed by atoms with Crippen molar-refractivity contribution in [1.29, 1.82) is 0 Å². The van der Waals surface area contributed by atoms with Crippen LogP contribution in [-0.4, -0.2) is 35.5 Å². The van der Waals surface area contributed by atoms with Crippen LogP contribution < -0.4 is 0 Å². The second-order valence-electron chi connectivity index (χ2n) is 5.53. The Balaban J connectivity index is 1.67. The summed E-state index contributed by atoms with van der Waals surface area (Å²) in [7, 11) is 0. The molecule has 1 fully saturated rings. The van der Waals surface area contributed by atoms with Gasteiger partial charge in [0.15, 0.2) is 0 Å². The minimum atomic E-state index is -0.0913. The third kappa shape index (κ3) is 2.78. The van der Waals surface area contributed by atoms with Crippen LogP contribution in [0.2, 0.25) is 0 Å². The number of aryl methyl sites for hydroxylation is 1. The van der Waals surface area contributed by atoms with Crippen LogP contribution in [0.1, 0.15) is 26.4 Å². The molecule has 4 rings (SSSR count). The van der Waals surface area contributed by atoms with E-state index < -0.39 is 0 Å². The second kappa shape index (κ2) is 6.03. The largest absolute Gasteiger partial charge is 0.377 e. The number of nitrogens with zero attached hydrogens (tertiary/aromatic N) is 2. The molecule has 118 valence electrons. The maximum absolute atomic E-state index is 13.0. The minimum Gasteiger partial charge on any atom is -0.377 e. The van der Waals surface area contributed by atoms with Crippen LogP contribution in [0.3, 0.4) is 0 Å². The van der Waals surface area contributed by atoms with Gasteiger partial charge >= 0.3 is 0 Å². The number of thiazole rings is 1. The lowest BCUT2D eigenvalue weighted by molar-refractivity contribution is -0.00349. The van der Waals surface area contributed by atoms with E-state index >= 15 is 0 Å². The number of aromatic nitrogens is 1. The lowest BCUT2D eigenvalue weighted by Crippen LogP contribution is -2.43. The Morgan fingerprint density at radius 2 is 2.26 bits per heavy atom. The smallest absolute Gasteiger partial charge is 0.264 e. The Bertz CT molecular complexity index is 822. The van der Waals surface area contributed by atoms with Crippen molar-refractivity contribution < 1.29 is 9.53 Å². The summed E-state index contributed by atoms with van der Waals surface area (Å²) in [6, 6.07) is 10.00. The predicted octanol–water partition coefficient (Wildman–Crippen LogP) is 3.88. The number of carbonyl (C=O) groups is 1. The zero-order valence-corrected chi connectivity index (χ0v) is 14.3. The molecule has 0 bridgehead atoms. The second-order valence-corrected chi connectivity index (χ2v) is 7.68. The van der Waals surface area contributed by atoms with Crippen LogP contribution in [0.25, 0.3) is 10.1 Å². The summed E-state index contributed by atoms with van der Waals surface area (Å²) < 4.78 is 6.74. The summed E-state index contributed by atoms with van der Waals surface area (Å²) in [6.45, 7) is 3.68. The molecule has 0 aliphatic carbocycles. The molecule has 1 saturated heterocycles. The highest BCUT2D eigenvalue weighted by molar-refractivity contribution is 7.20. The van der Waals surface area contributed by atoms with Gasteiger partial charge in [0.1, 0.15) is 0 Å². The van der Waals surface area contributed by atoms with Crippen LogP contribution in [0.5, 0.6) is 0 Å². The maximum Gasteiger partial charge on any atom is 0.264 e. The van der Waals surface area contributed by atoms with Crippen molar-refractivity contribution in [3.63, 3.8) is 0 Å². The van der Waals surface area contributed by atoms with Crippen LogP contribution in [0.15, 0.2) is 35.7 Å². The Morgan fingerprint density at radius 3 is 3.04 bits per heavy atom. The van der Waals surface area contributed by atoms with E-state index in [0.717, 1.165) is 25.7 Å². The van der Waals surface area contributed by atoms with Crippen molar-refractivity contribution in [1.82, 2.24) is 9.88 Å². The molecule has 0 spiro atoms. The molecule has 1 aliphatic rings. The van der Waals surface area contributed by atoms with E-state index in [1.165, 1.54) is 0 Å². The van der Waals surface area contributed by atoms with E-state index in [1.807, 2.05) is 41.5 Å². The molecule has 1 amide bonds. The van der Waals surface area contributed by atoms with E-state index in [4.69, 9.17) is 4.74 Å². The topological polar surface area (TPSA) is 42.4 Å². The molecule has 3 aromatic rings. The number of benzene rings is 1. The van der Waals surface area contributed by atoms with Crippen molar-refractivity contribution in [2.75, 3.05) is 19.8 Å². The first-order valence-electron chi connectivity index (χ1n) is 7.52. The zero-order chi connectivity index (χ0) is 15.8. The third-order valence-electron chi connectivity index (χ3n) is 4.00. The van der Waals surface area contributed by atoms with Crippen molar-refractivity contribution in [3.8, 4) is 0 Å². The highest BCUT2D eigenvalue weighted by atomic mass is 32.1. The number of hydrogen-bond donors (Lipinski definition) is 0. The fourth-order valence-corrected chi connectivity index (χ4v) is 4.53. The summed E-state index contributed by atoms with van der Waals surface area (Å²) >= 11 is 3.16. The standard InChI is InChI=1S/C17H16N2O2S2/c1-11-18-13(10-22-11)14-9-21-7-6-19(14)17(20)16-8-12-4-2-3-5-15(12)23-16/h2-5,8,10,14H,6-7,9H2,1H3/t14-/m1/s1. The first kappa shape index (κ1) is 14.8. The fraction of sp³-hybridized carbons (Fsp3) is 0.294. The third-order valence-corrected chi connectivity index (χ3v) is 5.90. The van der Waals surface area contributed by atoms with Gasteiger partial charge in [0.25, 0.3) is 5.91 Å². The number of thiophene rings is 1. The Hall–Kier alpha value is -1.76. The molecule has 23 heavy (non-hydrogen) atoms. The van der Waals surface area contributed by atoms with Crippen LogP contribution in [0, 0.1) is 6.92 Å². The summed E-state index contributed by atoms with van der Waals surface area (Å²) in [5.74, 6) is 0.0742. The zero-order valence-electron chi connectivity index (χ0n) is 12.7. The normalized spacial score (nSPS) is 18.5. The van der Waals surface area contributed by atoms with Crippen molar-refractivity contribution in [2.24, 2.45) is 0 Å². The van der Waals surface area contributed by atoms with E-state index in [1.54, 1.807) is 22.7 Å². The Kier molecular flexibility index (Phi) is 3.88. The molecule has 1 atom stereocenters. The van der Waals surface area contributed by atoms with Crippen molar-refractivity contribution in [3.05, 3.63) is 51.3 Å². The molecule has 1 aromatic carbocycles. The molecular weight excluding hydrogens is 328 g/mol. The van der Waals surface area contributed by atoms with Gasteiger partial charge < -0.3 is 9.64 Å². The lowest BCUT2D eigenvalue weighted by atomic mass is 10.1. The van der Waals surface area contributed by atoms with E-state index in [0.29, 0.717) is 19.8 Å². The quantitative estimate of drug-likeness (QED) is 0.708. The summed E-state index contributed by atoms with van der Waals surface area (Å²) in [5, 5.41) is 4.16. The number of hydrogen-bond acceptors (Lipinski definition) is 5.